The van der Waals surface area contributed by atoms with Crippen LogP contribution in [0.2, 0.25) is 6.04 Å². The van der Waals surface area contributed by atoms with E-state index in [0.29, 0.717) is 6.54 Å². The minimum Gasteiger partial charge on any atom is -0.377 e. The fraction of sp³-hybridized carbons (Fsp3) is 0.923. The maximum absolute atomic E-state index is 6.82. The van der Waals surface area contributed by atoms with Crippen LogP contribution in [0.1, 0.15) is 6.42 Å². The Bertz CT molecular complexity index is 291. The van der Waals surface area contributed by atoms with Crippen molar-refractivity contribution in [1.29, 1.82) is 0 Å². The van der Waals surface area contributed by atoms with Crippen molar-refractivity contribution in [3.05, 3.63) is 11.4 Å². The second-order valence-electron chi connectivity index (χ2n) is 4.96. The Morgan fingerprint density at radius 2 is 1.45 bits per heavy atom. The lowest BCUT2D eigenvalue weighted by Crippen LogP contribution is -2.48. The Morgan fingerprint density at radius 3 is 1.90 bits per heavy atom. The molecule has 0 aromatic heterocycles. The van der Waals surface area contributed by atoms with E-state index in [1.165, 1.54) is 0 Å². The quantitative estimate of drug-likeness (QED) is 0.465. The van der Waals surface area contributed by atoms with Gasteiger partial charge in [-0.2, -0.15) is 0 Å². The van der Waals surface area contributed by atoms with Gasteiger partial charge in [-0.1, -0.05) is 0 Å². The van der Waals surface area contributed by atoms with Gasteiger partial charge < -0.3 is 23.0 Å². The van der Waals surface area contributed by atoms with Crippen molar-refractivity contribution in [2.24, 2.45) is 0 Å². The van der Waals surface area contributed by atoms with Gasteiger partial charge in [-0.25, -0.2) is 6.57 Å². The molecule has 0 spiro atoms. The highest BCUT2D eigenvalue weighted by Gasteiger charge is 2.37. The summed E-state index contributed by atoms with van der Waals surface area (Å²) in [6.07, 6.45) is 1.03. The highest BCUT2D eigenvalue weighted by atomic mass is 28.4. The zero-order chi connectivity index (χ0) is 14.8. The lowest BCUT2D eigenvalue weighted by atomic mass is 10.3. The van der Waals surface area contributed by atoms with Crippen LogP contribution in [0.5, 0.6) is 0 Å². The van der Waals surface area contributed by atoms with Crippen LogP contribution in [0, 0.1) is 6.57 Å². The Morgan fingerprint density at radius 1 is 0.950 bits per heavy atom. The molecule has 0 aromatic rings. The first kappa shape index (κ1) is 17.6. The maximum atomic E-state index is 6.82. The average molecular weight is 301 g/mol. The van der Waals surface area contributed by atoms with E-state index in [1.807, 2.05) is 0 Å². The summed E-state index contributed by atoms with van der Waals surface area (Å²) in [4.78, 5) is 8.25. The summed E-state index contributed by atoms with van der Waals surface area (Å²) >= 11 is 0. The normalized spacial score (nSPS) is 18.1. The Hall–Kier alpha value is -0.493. The smallest absolute Gasteiger partial charge is 0.377 e. The van der Waals surface area contributed by atoms with Crippen LogP contribution in [-0.2, 0) is 13.3 Å². The zero-order valence-corrected chi connectivity index (χ0v) is 13.9. The van der Waals surface area contributed by atoms with Crippen molar-refractivity contribution in [3.63, 3.8) is 0 Å². The van der Waals surface area contributed by atoms with Crippen LogP contribution >= 0.6 is 0 Å². The molecule has 6 nitrogen and oxygen atoms in total. The van der Waals surface area contributed by atoms with E-state index in [-0.39, 0.29) is 0 Å². The molecule has 0 aromatic carbocycles. The summed E-state index contributed by atoms with van der Waals surface area (Å²) in [6.45, 7) is 13.7. The third kappa shape index (κ3) is 5.48. The number of hydrogen-bond acceptors (Lipinski definition) is 5. The van der Waals surface area contributed by atoms with Crippen LogP contribution in [0.15, 0.2) is 0 Å². The Balaban J connectivity index is 2.20. The first-order chi connectivity index (χ1) is 9.69. The van der Waals surface area contributed by atoms with Crippen molar-refractivity contribution in [2.75, 3.05) is 67.1 Å². The van der Waals surface area contributed by atoms with Crippen molar-refractivity contribution in [3.8, 4) is 0 Å². The topological polar surface area (TPSA) is 38.5 Å². The number of piperazine rings is 1. The minimum absolute atomic E-state index is 0.615. The molecule has 1 aliphatic heterocycles. The standard InChI is InChI=1S/C13H27N3O3Si/c1-14-6-8-16-11-9-15(10-12-16)7-5-13-20(17-2,18-3)19-4/h5-13H2,2-4H3. The SMILES string of the molecule is [C-]#[N+]CCN1CCN(CCC[Si](OC)(OC)OC)CC1. The average Bonchev–Trinajstić information content (AvgIpc) is 2.51. The first-order valence-electron chi connectivity index (χ1n) is 7.13. The van der Waals surface area contributed by atoms with E-state index in [2.05, 4.69) is 14.6 Å². The van der Waals surface area contributed by atoms with Crippen LogP contribution < -0.4 is 0 Å². The van der Waals surface area contributed by atoms with E-state index in [9.17, 15) is 0 Å². The van der Waals surface area contributed by atoms with E-state index in [0.717, 1.165) is 51.7 Å². The third-order valence-corrected chi connectivity index (χ3v) is 6.72. The van der Waals surface area contributed by atoms with E-state index < -0.39 is 8.80 Å². The first-order valence-corrected chi connectivity index (χ1v) is 9.06. The number of rotatable bonds is 9. The summed E-state index contributed by atoms with van der Waals surface area (Å²) in [6, 6.07) is 0.856. The molecule has 1 rings (SSSR count). The van der Waals surface area contributed by atoms with Crippen molar-refractivity contribution >= 4 is 8.80 Å². The van der Waals surface area contributed by atoms with Gasteiger partial charge in [0.25, 0.3) is 0 Å². The van der Waals surface area contributed by atoms with Crippen LogP contribution in [-0.4, -0.2) is 85.7 Å². The fourth-order valence-corrected chi connectivity index (χ4v) is 4.21. The lowest BCUT2D eigenvalue weighted by molar-refractivity contribution is 0.115. The van der Waals surface area contributed by atoms with E-state index >= 15 is 0 Å². The molecule has 1 fully saturated rings. The fourth-order valence-electron chi connectivity index (χ4n) is 2.50. The molecule has 1 saturated heterocycles. The van der Waals surface area contributed by atoms with Crippen LogP contribution in [0.3, 0.4) is 0 Å². The molecule has 0 radical (unpaired) electrons. The molecule has 116 valence electrons. The Kier molecular flexibility index (Phi) is 8.29. The van der Waals surface area contributed by atoms with E-state index in [4.69, 9.17) is 19.9 Å². The van der Waals surface area contributed by atoms with Gasteiger partial charge in [0.05, 0.1) is 6.54 Å². The van der Waals surface area contributed by atoms with Gasteiger partial charge in [-0.15, -0.1) is 0 Å². The molecular formula is C13H27N3O3Si. The maximum Gasteiger partial charge on any atom is 0.500 e. The third-order valence-electron chi connectivity index (χ3n) is 3.88. The molecule has 0 bridgehead atoms. The number of nitrogens with zero attached hydrogens (tertiary/aromatic N) is 3. The molecular weight excluding hydrogens is 274 g/mol. The van der Waals surface area contributed by atoms with Gasteiger partial charge in [0.2, 0.25) is 6.54 Å². The molecule has 0 amide bonds. The van der Waals surface area contributed by atoms with Crippen LogP contribution in [0.4, 0.5) is 0 Å². The van der Waals surface area contributed by atoms with Gasteiger partial charge in [0.15, 0.2) is 0 Å². The predicted molar refractivity (Wildman–Crippen MR) is 80.6 cm³/mol. The molecule has 0 atom stereocenters. The van der Waals surface area contributed by atoms with E-state index in [1.54, 1.807) is 21.3 Å². The monoisotopic (exact) mass is 301 g/mol. The molecule has 0 saturated carbocycles. The highest BCUT2D eigenvalue weighted by molar-refractivity contribution is 6.60. The Labute approximate surface area is 123 Å². The molecule has 0 unspecified atom stereocenters. The summed E-state index contributed by atoms with van der Waals surface area (Å²) in [5.74, 6) is 0. The molecule has 1 heterocycles. The van der Waals surface area contributed by atoms with Gasteiger partial charge >= 0.3 is 8.80 Å². The summed E-state index contributed by atoms with van der Waals surface area (Å²) in [5.41, 5.74) is 0. The molecule has 0 N–H and O–H groups in total. The zero-order valence-electron chi connectivity index (χ0n) is 12.9. The number of hydrogen-bond donors (Lipinski definition) is 0. The van der Waals surface area contributed by atoms with Gasteiger partial charge in [0.1, 0.15) is 0 Å². The van der Waals surface area contributed by atoms with Gasteiger partial charge in [-0.3, -0.25) is 4.90 Å². The molecule has 20 heavy (non-hydrogen) atoms. The largest absolute Gasteiger partial charge is 0.500 e. The lowest BCUT2D eigenvalue weighted by Gasteiger charge is -2.34. The van der Waals surface area contributed by atoms with Gasteiger partial charge in [0, 0.05) is 53.6 Å². The van der Waals surface area contributed by atoms with Crippen molar-refractivity contribution < 1.29 is 13.3 Å². The molecule has 1 aliphatic rings. The molecule has 0 aliphatic carbocycles. The predicted octanol–water partition coefficient (Wildman–Crippen LogP) is 0.791. The summed E-state index contributed by atoms with van der Waals surface area (Å²) < 4.78 is 16.3. The van der Waals surface area contributed by atoms with Crippen molar-refractivity contribution in [2.45, 2.75) is 12.5 Å². The minimum atomic E-state index is -2.40. The van der Waals surface area contributed by atoms with Gasteiger partial charge in [-0.05, 0) is 13.0 Å². The summed E-state index contributed by atoms with van der Waals surface area (Å²) in [5, 5.41) is 0. The van der Waals surface area contributed by atoms with Crippen LogP contribution in [0.25, 0.3) is 4.85 Å². The molecule has 7 heteroatoms. The van der Waals surface area contributed by atoms with Crippen molar-refractivity contribution in [1.82, 2.24) is 9.80 Å². The highest BCUT2D eigenvalue weighted by Crippen LogP contribution is 2.15. The second kappa shape index (κ2) is 9.44. The summed E-state index contributed by atoms with van der Waals surface area (Å²) in [7, 11) is 2.58. The second-order valence-corrected chi connectivity index (χ2v) is 8.05.